The monoisotopic (exact) mass is 298 g/mol. The summed E-state index contributed by atoms with van der Waals surface area (Å²) in [6.45, 7) is 5.51. The van der Waals surface area contributed by atoms with Crippen LogP contribution < -0.4 is 5.32 Å². The van der Waals surface area contributed by atoms with Gasteiger partial charge in [0.15, 0.2) is 0 Å². The summed E-state index contributed by atoms with van der Waals surface area (Å²) in [5, 5.41) is 22.7. The van der Waals surface area contributed by atoms with Crippen LogP contribution in [0.3, 0.4) is 0 Å². The van der Waals surface area contributed by atoms with Gasteiger partial charge >= 0.3 is 0 Å². The molecule has 0 saturated carbocycles. The summed E-state index contributed by atoms with van der Waals surface area (Å²) >= 11 is 0. The summed E-state index contributed by atoms with van der Waals surface area (Å²) in [4.78, 5) is 22.2. The molecule has 0 spiro atoms. The van der Waals surface area contributed by atoms with Crippen LogP contribution in [-0.2, 0) is 0 Å². The number of carbonyl (C=O) groups is 1. The number of carbonyl (C=O) groups excluding carboxylic acids is 1. The van der Waals surface area contributed by atoms with Crippen molar-refractivity contribution >= 4 is 11.6 Å². The highest BCUT2D eigenvalue weighted by Crippen LogP contribution is 2.22. The van der Waals surface area contributed by atoms with E-state index in [1.807, 2.05) is 20.8 Å². The number of hydrogen-bond donors (Lipinski definition) is 2. The number of nitrogens with zero attached hydrogens (tertiary/aromatic N) is 1. The quantitative estimate of drug-likeness (QED) is 0.644. The molecule has 0 aliphatic heterocycles. The van der Waals surface area contributed by atoms with Crippen LogP contribution in [0.1, 0.15) is 37.6 Å². The van der Waals surface area contributed by atoms with Gasteiger partial charge in [-0.25, -0.2) is 4.39 Å². The zero-order chi connectivity index (χ0) is 16.2. The van der Waals surface area contributed by atoms with Gasteiger partial charge in [-0.3, -0.25) is 14.9 Å². The zero-order valence-corrected chi connectivity index (χ0v) is 12.2. The highest BCUT2D eigenvalue weighted by atomic mass is 19.1. The fraction of sp³-hybridized carbons (Fsp3) is 0.500. The Morgan fingerprint density at radius 2 is 2.10 bits per heavy atom. The normalized spacial score (nSPS) is 12.8. The van der Waals surface area contributed by atoms with E-state index < -0.39 is 28.4 Å². The second-order valence-electron chi connectivity index (χ2n) is 6.04. The van der Waals surface area contributed by atoms with Crippen molar-refractivity contribution in [3.8, 4) is 0 Å². The molecule has 0 fully saturated rings. The summed E-state index contributed by atoms with van der Waals surface area (Å²) < 4.78 is 13.2. The van der Waals surface area contributed by atoms with E-state index in [-0.39, 0.29) is 17.6 Å². The van der Waals surface area contributed by atoms with E-state index in [9.17, 15) is 24.4 Å². The Bertz CT molecular complexity index is 540. The second kappa shape index (κ2) is 6.62. The smallest absolute Gasteiger partial charge is 0.282 e. The van der Waals surface area contributed by atoms with Gasteiger partial charge in [-0.15, -0.1) is 0 Å². The minimum atomic E-state index is -0.774. The number of halogens is 1. The van der Waals surface area contributed by atoms with E-state index in [0.29, 0.717) is 6.42 Å². The maximum Gasteiger partial charge on any atom is 0.282 e. The van der Waals surface area contributed by atoms with Gasteiger partial charge < -0.3 is 10.4 Å². The summed E-state index contributed by atoms with van der Waals surface area (Å²) in [7, 11) is 0. The number of amides is 1. The minimum Gasteiger partial charge on any atom is -0.394 e. The van der Waals surface area contributed by atoms with E-state index in [1.54, 1.807) is 0 Å². The Kier molecular flexibility index (Phi) is 5.37. The van der Waals surface area contributed by atoms with E-state index in [1.165, 1.54) is 0 Å². The fourth-order valence-electron chi connectivity index (χ4n) is 2.01. The van der Waals surface area contributed by atoms with E-state index in [2.05, 4.69) is 5.32 Å². The van der Waals surface area contributed by atoms with Gasteiger partial charge in [0.25, 0.3) is 11.6 Å². The first-order valence-corrected chi connectivity index (χ1v) is 6.49. The molecule has 21 heavy (non-hydrogen) atoms. The lowest BCUT2D eigenvalue weighted by atomic mass is 9.88. The number of nitrogens with one attached hydrogen (secondary N) is 1. The molecule has 0 bridgehead atoms. The van der Waals surface area contributed by atoms with Crippen LogP contribution in [-0.4, -0.2) is 28.6 Å². The van der Waals surface area contributed by atoms with Crippen LogP contribution in [0.15, 0.2) is 18.2 Å². The van der Waals surface area contributed by atoms with Gasteiger partial charge in [0.05, 0.1) is 17.6 Å². The largest absolute Gasteiger partial charge is 0.394 e. The molecule has 0 saturated heterocycles. The molecule has 0 aliphatic carbocycles. The Labute approximate surface area is 122 Å². The number of benzene rings is 1. The number of aliphatic hydroxyl groups is 1. The van der Waals surface area contributed by atoms with Crippen LogP contribution in [0.5, 0.6) is 0 Å². The lowest BCUT2D eigenvalue weighted by molar-refractivity contribution is -0.385. The van der Waals surface area contributed by atoms with Gasteiger partial charge in [0, 0.05) is 6.07 Å². The third-order valence-electron chi connectivity index (χ3n) is 2.81. The van der Waals surface area contributed by atoms with Crippen molar-refractivity contribution in [2.45, 2.75) is 33.2 Å². The minimum absolute atomic E-state index is 0.144. The zero-order valence-electron chi connectivity index (χ0n) is 12.2. The lowest BCUT2D eigenvalue weighted by Crippen LogP contribution is -2.40. The molecular formula is C14H19FN2O4. The molecule has 6 nitrogen and oxygen atoms in total. The average Bonchev–Trinajstić information content (AvgIpc) is 2.35. The average molecular weight is 298 g/mol. The van der Waals surface area contributed by atoms with Gasteiger partial charge in [-0.05, 0) is 24.0 Å². The van der Waals surface area contributed by atoms with Crippen LogP contribution in [0.25, 0.3) is 0 Å². The first-order chi connectivity index (χ1) is 9.64. The van der Waals surface area contributed by atoms with E-state index in [4.69, 9.17) is 0 Å². The molecule has 0 aromatic heterocycles. The maximum atomic E-state index is 13.2. The number of aliphatic hydroxyl groups excluding tert-OH is 1. The molecule has 1 atom stereocenters. The second-order valence-corrected chi connectivity index (χ2v) is 6.04. The highest BCUT2D eigenvalue weighted by molar-refractivity contribution is 5.98. The number of hydrogen-bond acceptors (Lipinski definition) is 4. The Morgan fingerprint density at radius 1 is 1.48 bits per heavy atom. The predicted molar refractivity (Wildman–Crippen MR) is 75.5 cm³/mol. The van der Waals surface area contributed by atoms with Crippen molar-refractivity contribution in [2.75, 3.05) is 6.61 Å². The molecule has 1 aromatic carbocycles. The third-order valence-corrected chi connectivity index (χ3v) is 2.81. The molecule has 2 N–H and O–H groups in total. The molecule has 0 aliphatic rings. The molecule has 0 heterocycles. The van der Waals surface area contributed by atoms with Crippen LogP contribution in [0.4, 0.5) is 10.1 Å². The van der Waals surface area contributed by atoms with Gasteiger partial charge in [-0.1, -0.05) is 20.8 Å². The van der Waals surface area contributed by atoms with Crippen LogP contribution in [0, 0.1) is 21.3 Å². The van der Waals surface area contributed by atoms with E-state index >= 15 is 0 Å². The van der Waals surface area contributed by atoms with E-state index in [0.717, 1.165) is 18.2 Å². The SMILES string of the molecule is CC(C)(C)CC(CO)NC(=O)c1cc(F)ccc1[N+](=O)[O-]. The van der Waals surface area contributed by atoms with Gasteiger partial charge in [0.1, 0.15) is 11.4 Å². The predicted octanol–water partition coefficient (Wildman–Crippen LogP) is 2.26. The first-order valence-electron chi connectivity index (χ1n) is 6.49. The lowest BCUT2D eigenvalue weighted by Gasteiger charge is -2.25. The van der Waals surface area contributed by atoms with Crippen molar-refractivity contribution < 1.29 is 19.2 Å². The van der Waals surface area contributed by atoms with Gasteiger partial charge in [-0.2, -0.15) is 0 Å². The molecule has 116 valence electrons. The Morgan fingerprint density at radius 3 is 2.57 bits per heavy atom. The van der Waals surface area contributed by atoms with Crippen molar-refractivity contribution in [1.82, 2.24) is 5.32 Å². The standard InChI is InChI=1S/C14H19FN2O4/c1-14(2,3)7-10(8-18)16-13(19)11-6-9(15)4-5-12(11)17(20)21/h4-6,10,18H,7-8H2,1-3H3,(H,16,19). The Hall–Kier alpha value is -2.02. The van der Waals surface area contributed by atoms with Crippen LogP contribution >= 0.6 is 0 Å². The maximum absolute atomic E-state index is 13.2. The highest BCUT2D eigenvalue weighted by Gasteiger charge is 2.25. The molecule has 1 amide bonds. The van der Waals surface area contributed by atoms with Crippen LogP contribution in [0.2, 0.25) is 0 Å². The summed E-state index contributed by atoms with van der Waals surface area (Å²) in [5.74, 6) is -1.51. The topological polar surface area (TPSA) is 92.5 Å². The van der Waals surface area contributed by atoms with Gasteiger partial charge in [0.2, 0.25) is 0 Å². The summed E-state index contributed by atoms with van der Waals surface area (Å²) in [6.07, 6.45) is 0.484. The number of nitro benzene ring substituents is 1. The number of rotatable bonds is 5. The Balaban J connectivity index is 2.98. The third kappa shape index (κ3) is 5.11. The molecule has 7 heteroatoms. The fourth-order valence-corrected chi connectivity index (χ4v) is 2.01. The molecule has 1 unspecified atom stereocenters. The van der Waals surface area contributed by atoms with Crippen molar-refractivity contribution in [2.24, 2.45) is 5.41 Å². The summed E-state index contributed by atoms with van der Waals surface area (Å²) in [5.41, 5.74) is -0.970. The van der Waals surface area contributed by atoms with Crippen molar-refractivity contribution in [3.63, 3.8) is 0 Å². The number of nitro groups is 1. The molecule has 0 radical (unpaired) electrons. The van der Waals surface area contributed by atoms with Crippen molar-refractivity contribution in [3.05, 3.63) is 39.7 Å². The molecule has 1 aromatic rings. The van der Waals surface area contributed by atoms with Crippen molar-refractivity contribution in [1.29, 1.82) is 0 Å². The summed E-state index contributed by atoms with van der Waals surface area (Å²) in [6, 6.07) is 2.13. The molecule has 1 rings (SSSR count). The first kappa shape index (κ1) is 17.0. The molecular weight excluding hydrogens is 279 g/mol.